The molecule has 19 heavy (non-hydrogen) atoms. The lowest BCUT2D eigenvalue weighted by atomic mass is 10.1. The number of nitrogens with zero attached hydrogens (tertiary/aromatic N) is 2. The molecule has 1 aliphatic rings. The average Bonchev–Trinajstić information content (AvgIpc) is 3.11. The molecule has 1 fully saturated rings. The second-order valence-corrected chi connectivity index (χ2v) is 4.96. The molecule has 0 radical (unpaired) electrons. The van der Waals surface area contributed by atoms with E-state index in [0.29, 0.717) is 12.2 Å². The van der Waals surface area contributed by atoms with Crippen LogP contribution in [0.15, 0.2) is 12.3 Å². The lowest BCUT2D eigenvalue weighted by Gasteiger charge is -2.28. The highest BCUT2D eigenvalue weighted by Crippen LogP contribution is 2.36. The highest BCUT2D eigenvalue weighted by Gasteiger charge is 2.38. The van der Waals surface area contributed by atoms with Crippen LogP contribution in [0.25, 0.3) is 0 Å². The summed E-state index contributed by atoms with van der Waals surface area (Å²) in [7, 11) is 1.77. The van der Waals surface area contributed by atoms with Crippen LogP contribution >= 0.6 is 0 Å². The van der Waals surface area contributed by atoms with Crippen LogP contribution in [0.1, 0.15) is 24.1 Å². The maximum Gasteiger partial charge on any atom is 0.405 e. The van der Waals surface area contributed by atoms with E-state index in [9.17, 15) is 13.2 Å². The Morgan fingerprint density at radius 2 is 2.11 bits per heavy atom. The third kappa shape index (κ3) is 3.83. The van der Waals surface area contributed by atoms with Crippen molar-refractivity contribution in [2.24, 2.45) is 0 Å². The van der Waals surface area contributed by atoms with E-state index < -0.39 is 12.7 Å². The largest absolute Gasteiger partial charge is 0.405 e. The van der Waals surface area contributed by atoms with E-state index in [-0.39, 0.29) is 6.04 Å². The van der Waals surface area contributed by atoms with Gasteiger partial charge in [0.25, 0.3) is 0 Å². The number of aromatic nitrogens is 1. The summed E-state index contributed by atoms with van der Waals surface area (Å²) in [6.45, 7) is 1.42. The van der Waals surface area contributed by atoms with Gasteiger partial charge in [-0.15, -0.1) is 0 Å². The quantitative estimate of drug-likeness (QED) is 0.894. The normalized spacial score (nSPS) is 15.6. The first kappa shape index (κ1) is 14.1. The molecule has 0 spiro atoms. The highest BCUT2D eigenvalue weighted by molar-refractivity contribution is 5.55. The number of nitrogens with one attached hydrogen (secondary N) is 1. The number of hydrogen-bond donors (Lipinski definition) is 1. The number of pyridine rings is 1. The summed E-state index contributed by atoms with van der Waals surface area (Å²) in [4.78, 5) is 5.64. The number of hydrogen-bond acceptors (Lipinski definition) is 3. The SMILES string of the molecule is CNCc1cnc(C)cc1N(CC(F)(F)F)C1CC1. The molecule has 1 N–H and O–H groups in total. The molecule has 1 saturated carbocycles. The average molecular weight is 273 g/mol. The Morgan fingerprint density at radius 1 is 1.42 bits per heavy atom. The van der Waals surface area contributed by atoms with Crippen LogP contribution in [-0.4, -0.2) is 30.8 Å². The molecule has 2 rings (SSSR count). The molecule has 0 saturated heterocycles. The summed E-state index contributed by atoms with van der Waals surface area (Å²) >= 11 is 0. The zero-order valence-corrected chi connectivity index (χ0v) is 11.1. The Hall–Kier alpha value is -1.30. The molecular weight excluding hydrogens is 255 g/mol. The Balaban J connectivity index is 2.32. The van der Waals surface area contributed by atoms with Crippen molar-refractivity contribution in [3.05, 3.63) is 23.5 Å². The third-order valence-corrected chi connectivity index (χ3v) is 3.11. The second kappa shape index (κ2) is 5.36. The van der Waals surface area contributed by atoms with Crippen molar-refractivity contribution in [2.45, 2.75) is 38.5 Å². The highest BCUT2D eigenvalue weighted by atomic mass is 19.4. The maximum atomic E-state index is 12.7. The van der Waals surface area contributed by atoms with Crippen molar-refractivity contribution in [1.82, 2.24) is 10.3 Å². The molecule has 1 aromatic rings. The maximum absolute atomic E-state index is 12.7. The first-order valence-electron chi connectivity index (χ1n) is 6.34. The van der Waals surface area contributed by atoms with Gasteiger partial charge >= 0.3 is 6.18 Å². The molecule has 0 bridgehead atoms. The van der Waals surface area contributed by atoms with Gasteiger partial charge in [-0.2, -0.15) is 13.2 Å². The molecule has 0 aliphatic heterocycles. The van der Waals surface area contributed by atoms with E-state index >= 15 is 0 Å². The van der Waals surface area contributed by atoms with Gasteiger partial charge in [0, 0.05) is 35.7 Å². The van der Waals surface area contributed by atoms with E-state index in [1.54, 1.807) is 26.2 Å². The fraction of sp³-hybridized carbons (Fsp3) is 0.615. The van der Waals surface area contributed by atoms with Gasteiger partial charge in [0.15, 0.2) is 0 Å². The number of halogens is 3. The molecule has 1 aromatic heterocycles. The van der Waals surface area contributed by atoms with Crippen LogP contribution in [0.5, 0.6) is 0 Å². The van der Waals surface area contributed by atoms with Gasteiger partial charge in [-0.05, 0) is 32.9 Å². The smallest absolute Gasteiger partial charge is 0.359 e. The van der Waals surface area contributed by atoms with Gasteiger partial charge in [0.1, 0.15) is 6.54 Å². The van der Waals surface area contributed by atoms with Crippen LogP contribution in [-0.2, 0) is 6.54 Å². The van der Waals surface area contributed by atoms with Gasteiger partial charge in [-0.25, -0.2) is 0 Å². The Bertz CT molecular complexity index is 441. The third-order valence-electron chi connectivity index (χ3n) is 3.11. The Kier molecular flexibility index (Phi) is 3.99. The monoisotopic (exact) mass is 273 g/mol. The molecule has 0 unspecified atom stereocenters. The first-order chi connectivity index (χ1) is 8.90. The zero-order valence-electron chi connectivity index (χ0n) is 11.1. The van der Waals surface area contributed by atoms with Gasteiger partial charge in [0.05, 0.1) is 0 Å². The minimum Gasteiger partial charge on any atom is -0.359 e. The van der Waals surface area contributed by atoms with Gasteiger partial charge in [-0.3, -0.25) is 4.98 Å². The number of rotatable bonds is 5. The predicted molar refractivity (Wildman–Crippen MR) is 68.2 cm³/mol. The fourth-order valence-corrected chi connectivity index (χ4v) is 2.16. The standard InChI is InChI=1S/C13H18F3N3/c1-9-5-12(10(6-17-2)7-18-9)19(11-3-4-11)8-13(14,15)16/h5,7,11,17H,3-4,6,8H2,1-2H3. The summed E-state index contributed by atoms with van der Waals surface area (Å²) in [5, 5.41) is 2.97. The van der Waals surface area contributed by atoms with E-state index in [1.807, 2.05) is 0 Å². The molecule has 106 valence electrons. The number of alkyl halides is 3. The van der Waals surface area contributed by atoms with Crippen molar-refractivity contribution in [3.8, 4) is 0 Å². The molecule has 1 heterocycles. The summed E-state index contributed by atoms with van der Waals surface area (Å²) in [6.07, 6.45) is -0.865. The van der Waals surface area contributed by atoms with Crippen LogP contribution < -0.4 is 10.2 Å². The van der Waals surface area contributed by atoms with E-state index in [4.69, 9.17) is 0 Å². The fourth-order valence-electron chi connectivity index (χ4n) is 2.16. The Labute approximate surface area is 110 Å². The molecule has 0 aromatic carbocycles. The molecule has 0 amide bonds. The molecule has 6 heteroatoms. The van der Waals surface area contributed by atoms with Crippen LogP contribution in [0.3, 0.4) is 0 Å². The minimum atomic E-state index is -4.18. The first-order valence-corrected chi connectivity index (χ1v) is 6.34. The second-order valence-electron chi connectivity index (χ2n) is 4.96. The Morgan fingerprint density at radius 3 is 2.63 bits per heavy atom. The van der Waals surface area contributed by atoms with Gasteiger partial charge < -0.3 is 10.2 Å². The lowest BCUT2D eigenvalue weighted by Crippen LogP contribution is -2.37. The van der Waals surface area contributed by atoms with Gasteiger partial charge in [-0.1, -0.05) is 0 Å². The lowest BCUT2D eigenvalue weighted by molar-refractivity contribution is -0.120. The van der Waals surface area contributed by atoms with Crippen molar-refractivity contribution >= 4 is 5.69 Å². The van der Waals surface area contributed by atoms with Crippen molar-refractivity contribution in [3.63, 3.8) is 0 Å². The molecule has 0 atom stereocenters. The summed E-state index contributed by atoms with van der Waals surface area (Å²) in [6, 6.07) is 1.76. The van der Waals surface area contributed by atoms with Crippen LogP contribution in [0.2, 0.25) is 0 Å². The van der Waals surface area contributed by atoms with Gasteiger partial charge in [0.2, 0.25) is 0 Å². The molecule has 3 nitrogen and oxygen atoms in total. The molecular formula is C13H18F3N3. The summed E-state index contributed by atoms with van der Waals surface area (Å²) in [5.74, 6) is 0. The zero-order chi connectivity index (χ0) is 14.0. The van der Waals surface area contributed by atoms with Crippen LogP contribution in [0.4, 0.5) is 18.9 Å². The van der Waals surface area contributed by atoms with Crippen molar-refractivity contribution in [2.75, 3.05) is 18.5 Å². The number of anilines is 1. The van der Waals surface area contributed by atoms with E-state index in [2.05, 4.69) is 10.3 Å². The predicted octanol–water partition coefficient (Wildman–Crippen LogP) is 2.64. The van der Waals surface area contributed by atoms with E-state index in [0.717, 1.165) is 24.1 Å². The summed E-state index contributed by atoms with van der Waals surface area (Å²) < 4.78 is 38.2. The molecule has 1 aliphatic carbocycles. The van der Waals surface area contributed by atoms with Crippen molar-refractivity contribution < 1.29 is 13.2 Å². The van der Waals surface area contributed by atoms with Crippen molar-refractivity contribution in [1.29, 1.82) is 0 Å². The minimum absolute atomic E-state index is 0.0130. The summed E-state index contributed by atoms with van der Waals surface area (Å²) in [5.41, 5.74) is 2.20. The topological polar surface area (TPSA) is 28.2 Å². The number of aryl methyl sites for hydroxylation is 1. The van der Waals surface area contributed by atoms with E-state index in [1.165, 1.54) is 4.90 Å². The van der Waals surface area contributed by atoms with Crippen LogP contribution in [0, 0.1) is 6.92 Å².